The van der Waals surface area contributed by atoms with E-state index < -0.39 is 26.8 Å². The van der Waals surface area contributed by atoms with Crippen molar-refractivity contribution >= 4 is 16.0 Å². The van der Waals surface area contributed by atoms with Crippen LogP contribution in [0.4, 0.5) is 13.2 Å². The van der Waals surface area contributed by atoms with Gasteiger partial charge in [-0.1, -0.05) is 32.0 Å². The van der Waals surface area contributed by atoms with Crippen LogP contribution < -0.4 is 4.18 Å². The minimum absolute atomic E-state index is 0.0376. The van der Waals surface area contributed by atoms with Crippen LogP contribution in [0.2, 0.25) is 0 Å². The van der Waals surface area contributed by atoms with E-state index in [0.29, 0.717) is 25.1 Å². The minimum atomic E-state index is -4.66. The number of amides is 1. The van der Waals surface area contributed by atoms with Crippen molar-refractivity contribution in [1.82, 2.24) is 4.90 Å². The Morgan fingerprint density at radius 2 is 1.72 bits per heavy atom. The molecule has 0 saturated carbocycles. The molecule has 0 aromatic heterocycles. The predicted molar refractivity (Wildman–Crippen MR) is 102 cm³/mol. The number of hydrogen-bond donors (Lipinski definition) is 0. The Morgan fingerprint density at radius 1 is 1.10 bits per heavy atom. The van der Waals surface area contributed by atoms with Crippen LogP contribution in [-0.4, -0.2) is 25.8 Å². The molecule has 2 aromatic carbocycles. The number of benzene rings is 2. The van der Waals surface area contributed by atoms with Gasteiger partial charge in [-0.25, -0.2) is 0 Å². The molecule has 0 aliphatic carbocycles. The maximum absolute atomic E-state index is 12.8. The lowest BCUT2D eigenvalue weighted by molar-refractivity contribution is -0.137. The summed E-state index contributed by atoms with van der Waals surface area (Å²) in [7, 11) is -4.43. The molecule has 0 heterocycles. The molecule has 0 spiro atoms. The summed E-state index contributed by atoms with van der Waals surface area (Å²) in [5, 5.41) is 0. The molecule has 0 N–H and O–H groups in total. The number of hydrogen-bond acceptors (Lipinski definition) is 4. The fourth-order valence-electron chi connectivity index (χ4n) is 2.62. The quantitative estimate of drug-likeness (QED) is 0.609. The molecular weight excluding hydrogens is 407 g/mol. The fraction of sp³-hybridized carbons (Fsp3) is 0.350. The zero-order valence-electron chi connectivity index (χ0n) is 16.2. The molecule has 1 amide bonds. The van der Waals surface area contributed by atoms with Gasteiger partial charge in [-0.3, -0.25) is 4.79 Å². The van der Waals surface area contributed by atoms with Crippen LogP contribution in [-0.2, 0) is 27.6 Å². The van der Waals surface area contributed by atoms with Gasteiger partial charge in [-0.15, -0.1) is 0 Å². The summed E-state index contributed by atoms with van der Waals surface area (Å²) in [6.07, 6.45) is -4.66. The van der Waals surface area contributed by atoms with E-state index in [9.17, 15) is 26.4 Å². The molecule has 0 fully saturated rings. The summed E-state index contributed by atoms with van der Waals surface area (Å²) in [5.41, 5.74) is -0.309. The molecule has 5 nitrogen and oxygen atoms in total. The highest BCUT2D eigenvalue weighted by atomic mass is 32.2. The molecule has 0 saturated heterocycles. The zero-order chi connectivity index (χ0) is 21.8. The number of halogens is 3. The van der Waals surface area contributed by atoms with E-state index in [0.717, 1.165) is 23.8 Å². The Kier molecular flexibility index (Phi) is 6.94. The third-order valence-electron chi connectivity index (χ3n) is 3.98. The second-order valence-electron chi connectivity index (χ2n) is 7.00. The molecule has 0 atom stereocenters. The molecule has 2 rings (SSSR count). The highest BCUT2D eigenvalue weighted by Gasteiger charge is 2.32. The fourth-order valence-corrected chi connectivity index (χ4v) is 3.60. The van der Waals surface area contributed by atoms with Crippen LogP contribution in [0.25, 0.3) is 0 Å². The normalized spacial score (nSPS) is 12.1. The number of carbonyl (C=O) groups excluding carboxylic acids is 1. The van der Waals surface area contributed by atoms with Gasteiger partial charge in [0, 0.05) is 20.0 Å². The molecule has 158 valence electrons. The van der Waals surface area contributed by atoms with Crippen LogP contribution >= 0.6 is 0 Å². The predicted octanol–water partition coefficient (Wildman–Crippen LogP) is 4.48. The van der Waals surface area contributed by atoms with Crippen LogP contribution in [0.15, 0.2) is 53.4 Å². The summed E-state index contributed by atoms with van der Waals surface area (Å²) in [6, 6.07) is 9.36. The van der Waals surface area contributed by atoms with Gasteiger partial charge in [0.25, 0.3) is 0 Å². The highest BCUT2D eigenvalue weighted by molar-refractivity contribution is 7.87. The van der Waals surface area contributed by atoms with Crippen molar-refractivity contribution < 1.29 is 30.6 Å². The topological polar surface area (TPSA) is 63.7 Å². The average Bonchev–Trinajstić information content (AvgIpc) is 2.61. The molecule has 29 heavy (non-hydrogen) atoms. The second kappa shape index (κ2) is 8.86. The Labute approximate surface area is 168 Å². The van der Waals surface area contributed by atoms with E-state index in [1.165, 1.54) is 19.1 Å². The highest BCUT2D eigenvalue weighted by Crippen LogP contribution is 2.31. The standard InChI is InChI=1S/C20H22F3NO4S/c1-14(2)12-24(15(3)25)13-16-7-9-18(10-8-16)28-29(26,27)19-6-4-5-17(11-19)20(21,22)23/h4-11,14H,12-13H2,1-3H3. The van der Waals surface area contributed by atoms with Gasteiger partial charge in [0.05, 0.1) is 5.56 Å². The molecular formula is C20H22F3NO4S. The lowest BCUT2D eigenvalue weighted by atomic mass is 10.1. The largest absolute Gasteiger partial charge is 0.416 e. The number of nitrogens with zero attached hydrogens (tertiary/aromatic N) is 1. The Morgan fingerprint density at radius 3 is 2.24 bits per heavy atom. The van der Waals surface area contributed by atoms with E-state index in [1.807, 2.05) is 13.8 Å². The van der Waals surface area contributed by atoms with Gasteiger partial charge in [-0.2, -0.15) is 21.6 Å². The van der Waals surface area contributed by atoms with Gasteiger partial charge in [0.2, 0.25) is 5.91 Å². The maximum Gasteiger partial charge on any atom is 0.416 e. The number of alkyl halides is 3. The van der Waals surface area contributed by atoms with Gasteiger partial charge in [0.1, 0.15) is 10.6 Å². The van der Waals surface area contributed by atoms with Crippen LogP contribution in [0, 0.1) is 5.92 Å². The first kappa shape index (κ1) is 22.7. The zero-order valence-corrected chi connectivity index (χ0v) is 17.0. The van der Waals surface area contributed by atoms with Gasteiger partial charge in [-0.05, 0) is 41.8 Å². The monoisotopic (exact) mass is 429 g/mol. The van der Waals surface area contributed by atoms with Crippen LogP contribution in [0.1, 0.15) is 31.9 Å². The third kappa shape index (κ3) is 6.49. The Hall–Kier alpha value is -2.55. The molecule has 2 aromatic rings. The van der Waals surface area contributed by atoms with Crippen molar-refractivity contribution in [1.29, 1.82) is 0 Å². The Bertz CT molecular complexity index is 954. The lowest BCUT2D eigenvalue weighted by Crippen LogP contribution is -2.31. The van der Waals surface area contributed by atoms with Gasteiger partial charge in [0.15, 0.2) is 0 Å². The molecule has 0 aliphatic rings. The SMILES string of the molecule is CC(=O)N(Cc1ccc(OS(=O)(=O)c2cccc(C(F)(F)F)c2)cc1)CC(C)C. The first-order valence-electron chi connectivity index (χ1n) is 8.84. The van der Waals surface area contributed by atoms with Crippen molar-refractivity contribution in [2.24, 2.45) is 5.92 Å². The van der Waals surface area contributed by atoms with Crippen LogP contribution in [0.3, 0.4) is 0 Å². The molecule has 0 aliphatic heterocycles. The summed E-state index contributed by atoms with van der Waals surface area (Å²) >= 11 is 0. The molecule has 0 unspecified atom stereocenters. The van der Waals surface area contributed by atoms with Crippen molar-refractivity contribution in [3.8, 4) is 5.75 Å². The summed E-state index contributed by atoms with van der Waals surface area (Å²) in [5.74, 6) is 0.176. The van der Waals surface area contributed by atoms with E-state index in [2.05, 4.69) is 0 Å². The first-order valence-corrected chi connectivity index (χ1v) is 10.3. The van der Waals surface area contributed by atoms with E-state index in [1.54, 1.807) is 17.0 Å². The Balaban J connectivity index is 2.15. The van der Waals surface area contributed by atoms with Crippen molar-refractivity contribution in [3.63, 3.8) is 0 Å². The summed E-state index contributed by atoms with van der Waals surface area (Å²) in [6.45, 7) is 6.39. The number of rotatable bonds is 7. The van der Waals surface area contributed by atoms with Crippen molar-refractivity contribution in [2.75, 3.05) is 6.54 Å². The minimum Gasteiger partial charge on any atom is -0.379 e. The average molecular weight is 429 g/mol. The van der Waals surface area contributed by atoms with Crippen LogP contribution in [0.5, 0.6) is 5.75 Å². The van der Waals surface area contributed by atoms with E-state index in [4.69, 9.17) is 4.18 Å². The van der Waals surface area contributed by atoms with Crippen molar-refractivity contribution in [2.45, 2.75) is 38.4 Å². The lowest BCUT2D eigenvalue weighted by Gasteiger charge is -2.23. The second-order valence-corrected chi connectivity index (χ2v) is 8.55. The van der Waals surface area contributed by atoms with Gasteiger partial charge < -0.3 is 9.08 Å². The molecule has 9 heteroatoms. The summed E-state index contributed by atoms with van der Waals surface area (Å²) < 4.78 is 68.0. The van der Waals surface area contributed by atoms with E-state index >= 15 is 0 Å². The number of carbonyl (C=O) groups is 1. The summed E-state index contributed by atoms with van der Waals surface area (Å²) in [4.78, 5) is 12.8. The molecule has 0 bridgehead atoms. The van der Waals surface area contributed by atoms with Crippen molar-refractivity contribution in [3.05, 3.63) is 59.7 Å². The smallest absolute Gasteiger partial charge is 0.379 e. The van der Waals surface area contributed by atoms with E-state index in [-0.39, 0.29) is 11.7 Å². The first-order chi connectivity index (χ1) is 13.4. The maximum atomic E-state index is 12.8. The molecule has 0 radical (unpaired) electrons. The third-order valence-corrected chi connectivity index (χ3v) is 5.23. The van der Waals surface area contributed by atoms with Gasteiger partial charge >= 0.3 is 16.3 Å².